The van der Waals surface area contributed by atoms with E-state index in [-0.39, 0.29) is 5.82 Å². The van der Waals surface area contributed by atoms with Crippen molar-refractivity contribution in [3.63, 3.8) is 0 Å². The molecule has 0 amide bonds. The Bertz CT molecular complexity index is 350. The molecule has 0 heterocycles. The van der Waals surface area contributed by atoms with Gasteiger partial charge in [-0.05, 0) is 34.5 Å². The number of aliphatic imine (C=N–C) groups is 1. The van der Waals surface area contributed by atoms with Crippen LogP contribution >= 0.6 is 15.9 Å². The molecule has 2 N–H and O–H groups in total. The van der Waals surface area contributed by atoms with E-state index >= 15 is 0 Å². The number of halogens is 2. The molecule has 0 fully saturated rings. The predicted octanol–water partition coefficient (Wildman–Crippen LogP) is 3.38. The van der Waals surface area contributed by atoms with Gasteiger partial charge in [-0.15, -0.1) is 0 Å². The normalized spacial score (nSPS) is 11.8. The first-order valence-electron chi connectivity index (χ1n) is 4.41. The molecular formula is C10H12BrFN2. The van der Waals surface area contributed by atoms with Crippen molar-refractivity contribution in [2.75, 3.05) is 0 Å². The molecule has 0 aliphatic rings. The number of benzene rings is 1. The fourth-order valence-electron chi connectivity index (χ4n) is 1.03. The second-order valence-electron chi connectivity index (χ2n) is 2.95. The van der Waals surface area contributed by atoms with Gasteiger partial charge in [0, 0.05) is 12.5 Å². The number of rotatable bonds is 3. The average Bonchev–Trinajstić information content (AvgIpc) is 2.12. The second kappa shape index (κ2) is 5.10. The van der Waals surface area contributed by atoms with Crippen LogP contribution in [0.25, 0.3) is 0 Å². The maximum Gasteiger partial charge on any atom is 0.139 e. The standard InChI is InChI=1S/C10H12BrFN2/c1-2-3-10(13)14-7-4-5-8(11)9(12)6-7/h4-6H,2-3H2,1H3,(H2,13,14). The Morgan fingerprint density at radius 2 is 2.29 bits per heavy atom. The van der Waals surface area contributed by atoms with Gasteiger partial charge in [0.1, 0.15) is 5.82 Å². The van der Waals surface area contributed by atoms with E-state index in [0.29, 0.717) is 16.0 Å². The lowest BCUT2D eigenvalue weighted by Gasteiger charge is -1.99. The van der Waals surface area contributed by atoms with Gasteiger partial charge >= 0.3 is 0 Å². The summed E-state index contributed by atoms with van der Waals surface area (Å²) in [6.07, 6.45) is 1.67. The van der Waals surface area contributed by atoms with Crippen LogP contribution in [0.3, 0.4) is 0 Å². The maximum absolute atomic E-state index is 13.1. The molecule has 0 saturated carbocycles. The van der Waals surface area contributed by atoms with Crippen LogP contribution in [0, 0.1) is 5.82 Å². The van der Waals surface area contributed by atoms with Crippen LogP contribution in [0.1, 0.15) is 19.8 Å². The molecule has 0 saturated heterocycles. The van der Waals surface area contributed by atoms with Gasteiger partial charge in [-0.25, -0.2) is 9.38 Å². The molecule has 0 aromatic heterocycles. The van der Waals surface area contributed by atoms with Crippen LogP contribution in [-0.4, -0.2) is 5.84 Å². The van der Waals surface area contributed by atoms with E-state index < -0.39 is 0 Å². The fourth-order valence-corrected chi connectivity index (χ4v) is 1.28. The smallest absolute Gasteiger partial charge is 0.139 e. The zero-order chi connectivity index (χ0) is 10.6. The van der Waals surface area contributed by atoms with E-state index in [9.17, 15) is 4.39 Å². The summed E-state index contributed by atoms with van der Waals surface area (Å²) in [6.45, 7) is 2.02. The Labute approximate surface area is 91.2 Å². The van der Waals surface area contributed by atoms with E-state index in [0.717, 1.165) is 12.8 Å². The van der Waals surface area contributed by atoms with Gasteiger partial charge in [0.05, 0.1) is 16.0 Å². The highest BCUT2D eigenvalue weighted by molar-refractivity contribution is 9.10. The van der Waals surface area contributed by atoms with Crippen LogP contribution in [0.5, 0.6) is 0 Å². The quantitative estimate of drug-likeness (QED) is 0.655. The molecule has 0 unspecified atom stereocenters. The van der Waals surface area contributed by atoms with Gasteiger partial charge in [0.15, 0.2) is 0 Å². The van der Waals surface area contributed by atoms with Gasteiger partial charge in [-0.1, -0.05) is 6.92 Å². The molecule has 4 heteroatoms. The third kappa shape index (κ3) is 3.10. The largest absolute Gasteiger partial charge is 0.387 e. The Hall–Kier alpha value is -0.900. The highest BCUT2D eigenvalue weighted by Crippen LogP contribution is 2.21. The highest BCUT2D eigenvalue weighted by atomic mass is 79.9. The van der Waals surface area contributed by atoms with E-state index in [1.807, 2.05) is 6.92 Å². The van der Waals surface area contributed by atoms with Crippen molar-refractivity contribution < 1.29 is 4.39 Å². The number of hydrogen-bond acceptors (Lipinski definition) is 1. The lowest BCUT2D eigenvalue weighted by molar-refractivity contribution is 0.621. The average molecular weight is 259 g/mol. The Kier molecular flexibility index (Phi) is 4.07. The first-order chi connectivity index (χ1) is 6.63. The first kappa shape index (κ1) is 11.2. The Morgan fingerprint density at radius 3 is 2.86 bits per heavy atom. The Balaban J connectivity index is 2.87. The van der Waals surface area contributed by atoms with Gasteiger partial charge < -0.3 is 5.73 Å². The summed E-state index contributed by atoms with van der Waals surface area (Å²) in [5, 5.41) is 0. The molecule has 76 valence electrons. The van der Waals surface area contributed by atoms with Gasteiger partial charge in [-0.2, -0.15) is 0 Å². The maximum atomic E-state index is 13.1. The topological polar surface area (TPSA) is 38.4 Å². The molecule has 1 aromatic carbocycles. The summed E-state index contributed by atoms with van der Waals surface area (Å²) in [5.41, 5.74) is 6.17. The van der Waals surface area contributed by atoms with Crippen molar-refractivity contribution in [3.8, 4) is 0 Å². The van der Waals surface area contributed by atoms with Crippen LogP contribution in [0.4, 0.5) is 10.1 Å². The lowest BCUT2D eigenvalue weighted by atomic mass is 10.3. The molecule has 0 radical (unpaired) electrons. The molecular weight excluding hydrogens is 247 g/mol. The van der Waals surface area contributed by atoms with Crippen molar-refractivity contribution >= 4 is 27.5 Å². The van der Waals surface area contributed by atoms with Crippen molar-refractivity contribution in [2.45, 2.75) is 19.8 Å². The summed E-state index contributed by atoms with van der Waals surface area (Å²) in [7, 11) is 0. The van der Waals surface area contributed by atoms with Crippen molar-refractivity contribution in [2.24, 2.45) is 10.7 Å². The monoisotopic (exact) mass is 258 g/mol. The summed E-state index contributed by atoms with van der Waals surface area (Å²) in [4.78, 5) is 4.08. The molecule has 2 nitrogen and oxygen atoms in total. The number of hydrogen-bond donors (Lipinski definition) is 1. The van der Waals surface area contributed by atoms with Crippen molar-refractivity contribution in [1.29, 1.82) is 0 Å². The summed E-state index contributed by atoms with van der Waals surface area (Å²) < 4.78 is 13.5. The second-order valence-corrected chi connectivity index (χ2v) is 3.81. The van der Waals surface area contributed by atoms with Crippen LogP contribution in [0.2, 0.25) is 0 Å². The van der Waals surface area contributed by atoms with Crippen molar-refractivity contribution in [1.82, 2.24) is 0 Å². The molecule has 0 spiro atoms. The van der Waals surface area contributed by atoms with Crippen LogP contribution in [-0.2, 0) is 0 Å². The van der Waals surface area contributed by atoms with Crippen LogP contribution < -0.4 is 5.73 Å². The zero-order valence-electron chi connectivity index (χ0n) is 7.93. The van der Waals surface area contributed by atoms with Gasteiger partial charge in [0.25, 0.3) is 0 Å². The van der Waals surface area contributed by atoms with E-state index in [1.165, 1.54) is 6.07 Å². The molecule has 1 rings (SSSR count). The fraction of sp³-hybridized carbons (Fsp3) is 0.300. The van der Waals surface area contributed by atoms with Crippen molar-refractivity contribution in [3.05, 3.63) is 28.5 Å². The predicted molar refractivity (Wildman–Crippen MR) is 60.3 cm³/mol. The number of amidine groups is 1. The molecule has 0 atom stereocenters. The molecule has 0 aliphatic heterocycles. The summed E-state index contributed by atoms with van der Waals surface area (Å²) in [5.74, 6) is 0.213. The first-order valence-corrected chi connectivity index (χ1v) is 5.21. The summed E-state index contributed by atoms with van der Waals surface area (Å²) >= 11 is 3.07. The third-order valence-corrected chi connectivity index (χ3v) is 2.33. The van der Waals surface area contributed by atoms with Gasteiger partial charge in [0.2, 0.25) is 0 Å². The zero-order valence-corrected chi connectivity index (χ0v) is 9.51. The van der Waals surface area contributed by atoms with E-state index in [2.05, 4.69) is 20.9 Å². The van der Waals surface area contributed by atoms with Crippen LogP contribution in [0.15, 0.2) is 27.7 Å². The van der Waals surface area contributed by atoms with E-state index in [4.69, 9.17) is 5.73 Å². The molecule has 14 heavy (non-hydrogen) atoms. The molecule has 0 aliphatic carbocycles. The Morgan fingerprint density at radius 1 is 1.57 bits per heavy atom. The lowest BCUT2D eigenvalue weighted by Crippen LogP contribution is -2.09. The summed E-state index contributed by atoms with van der Waals surface area (Å²) in [6, 6.07) is 4.69. The molecule has 1 aromatic rings. The number of nitrogens with two attached hydrogens (primary N) is 1. The molecule has 0 bridgehead atoms. The minimum absolute atomic E-state index is 0.324. The van der Waals surface area contributed by atoms with Gasteiger partial charge in [-0.3, -0.25) is 0 Å². The highest BCUT2D eigenvalue weighted by Gasteiger charge is 1.99. The minimum Gasteiger partial charge on any atom is -0.387 e. The SMILES string of the molecule is CCCC(N)=Nc1ccc(Br)c(F)c1. The minimum atomic E-state index is -0.324. The van der Waals surface area contributed by atoms with E-state index in [1.54, 1.807) is 12.1 Å². The number of nitrogens with zero attached hydrogens (tertiary/aromatic N) is 1. The third-order valence-electron chi connectivity index (χ3n) is 1.68.